The predicted molar refractivity (Wildman–Crippen MR) is 129 cm³/mol. The molecule has 0 amide bonds. The van der Waals surface area contributed by atoms with Crippen molar-refractivity contribution in [2.45, 2.75) is 6.92 Å². The minimum Gasteiger partial charge on any atom is -0.495 e. The second-order valence-corrected chi connectivity index (χ2v) is 8.10. The van der Waals surface area contributed by atoms with E-state index < -0.39 is 0 Å². The first-order valence-corrected chi connectivity index (χ1v) is 10.7. The summed E-state index contributed by atoms with van der Waals surface area (Å²) in [7, 11) is 1.61. The lowest BCUT2D eigenvalue weighted by molar-refractivity contribution is 0.413. The van der Waals surface area contributed by atoms with Crippen molar-refractivity contribution in [3.8, 4) is 39.5 Å². The molecule has 1 aromatic carbocycles. The zero-order valence-electron chi connectivity index (χ0n) is 18.4. The molecule has 0 aliphatic carbocycles. The van der Waals surface area contributed by atoms with Crippen molar-refractivity contribution < 1.29 is 9.13 Å². The Morgan fingerprint density at radius 1 is 0.971 bits per heavy atom. The number of benzene rings is 1. The fourth-order valence-electron chi connectivity index (χ4n) is 4.22. The molecular weight excluding hydrogens is 431 g/mol. The number of fused-ring (bicyclic) bond motifs is 2. The van der Waals surface area contributed by atoms with Crippen molar-refractivity contribution in [2.24, 2.45) is 0 Å². The van der Waals surface area contributed by atoms with Gasteiger partial charge in [0.25, 0.3) is 0 Å². The fourth-order valence-corrected chi connectivity index (χ4v) is 4.22. The average molecular weight is 450 g/mol. The number of ether oxygens (including phenoxy) is 1. The Hall–Kier alpha value is -4.59. The maximum Gasteiger partial charge on any atom is 0.138 e. The van der Waals surface area contributed by atoms with E-state index in [1.807, 2.05) is 43.3 Å². The molecule has 0 radical (unpaired) electrons. The van der Waals surface area contributed by atoms with Crippen LogP contribution in [0.5, 0.6) is 5.75 Å². The average Bonchev–Trinajstić information content (AvgIpc) is 3.46. The maximum absolute atomic E-state index is 14.1. The van der Waals surface area contributed by atoms with Crippen LogP contribution in [0.25, 0.3) is 55.8 Å². The highest BCUT2D eigenvalue weighted by atomic mass is 19.1. The smallest absolute Gasteiger partial charge is 0.138 e. The van der Waals surface area contributed by atoms with Crippen LogP contribution >= 0.6 is 0 Å². The molecule has 0 aliphatic heterocycles. The number of methoxy groups -OCH3 is 1. The Balaban J connectivity index is 1.49. The van der Waals surface area contributed by atoms with Crippen molar-refractivity contribution in [3.63, 3.8) is 0 Å². The van der Waals surface area contributed by atoms with Crippen LogP contribution in [-0.2, 0) is 0 Å². The normalized spacial score (nSPS) is 11.4. The highest BCUT2D eigenvalue weighted by molar-refractivity contribution is 5.99. The first-order valence-electron chi connectivity index (χ1n) is 10.7. The van der Waals surface area contributed by atoms with E-state index in [1.165, 1.54) is 12.1 Å². The summed E-state index contributed by atoms with van der Waals surface area (Å²) in [5.74, 6) is 0.395. The first-order chi connectivity index (χ1) is 16.6. The summed E-state index contributed by atoms with van der Waals surface area (Å²) in [5, 5.41) is 8.45. The molecule has 6 rings (SSSR count). The van der Waals surface area contributed by atoms with Gasteiger partial charge in [0.1, 0.15) is 28.4 Å². The molecule has 0 spiro atoms. The van der Waals surface area contributed by atoms with Gasteiger partial charge in [0.15, 0.2) is 0 Å². The third kappa shape index (κ3) is 3.36. The molecule has 0 saturated carbocycles. The predicted octanol–water partition coefficient (Wildman–Crippen LogP) is 5.69. The molecule has 6 aromatic rings. The lowest BCUT2D eigenvalue weighted by atomic mass is 10.0. The Kier molecular flexibility index (Phi) is 4.58. The molecular formula is C26H19FN6O. The van der Waals surface area contributed by atoms with Crippen LogP contribution in [-0.4, -0.2) is 37.2 Å². The molecule has 0 bridgehead atoms. The van der Waals surface area contributed by atoms with E-state index in [2.05, 4.69) is 25.1 Å². The molecule has 0 saturated heterocycles. The van der Waals surface area contributed by atoms with Gasteiger partial charge in [-0.05, 0) is 66.1 Å². The SMILES string of the molecule is COc1cncc(-c2ccc3[nH]nc(-c4cc5c(-c6cc(C)cc(F)c6)ccnc5[nH]4)c3n2)c1. The third-order valence-electron chi connectivity index (χ3n) is 5.79. The zero-order valence-corrected chi connectivity index (χ0v) is 18.4. The highest BCUT2D eigenvalue weighted by Crippen LogP contribution is 2.34. The maximum atomic E-state index is 14.1. The second-order valence-electron chi connectivity index (χ2n) is 8.10. The fraction of sp³-hybridized carbons (Fsp3) is 0.0769. The standard InChI is InChI=1S/C26H19FN6O/c1-14-7-15(9-17(27)8-14)19-5-6-29-26-20(19)11-23(31-26)25-24-22(32-33-25)4-3-21(30-24)16-10-18(34-2)13-28-12-16/h3-13H,1-2H3,(H,29,31)(H,32,33). The van der Waals surface area contributed by atoms with Crippen LogP contribution in [0.2, 0.25) is 0 Å². The van der Waals surface area contributed by atoms with Crippen LogP contribution in [0, 0.1) is 12.7 Å². The Bertz CT molecular complexity index is 1670. The number of rotatable bonds is 4. The summed E-state index contributed by atoms with van der Waals surface area (Å²) in [6.45, 7) is 1.88. The van der Waals surface area contributed by atoms with E-state index in [0.29, 0.717) is 17.1 Å². The van der Waals surface area contributed by atoms with Gasteiger partial charge in [0.2, 0.25) is 0 Å². The number of H-pyrrole nitrogens is 2. The summed E-state index contributed by atoms with van der Waals surface area (Å²) in [5.41, 5.74) is 7.81. The van der Waals surface area contributed by atoms with E-state index in [9.17, 15) is 4.39 Å². The van der Waals surface area contributed by atoms with Crippen molar-refractivity contribution in [1.29, 1.82) is 0 Å². The number of hydrogen-bond acceptors (Lipinski definition) is 5. The number of aromatic nitrogens is 6. The van der Waals surface area contributed by atoms with Gasteiger partial charge in [-0.1, -0.05) is 6.07 Å². The minimum absolute atomic E-state index is 0.266. The molecule has 0 aliphatic rings. The molecule has 5 aromatic heterocycles. The third-order valence-corrected chi connectivity index (χ3v) is 5.79. The van der Waals surface area contributed by atoms with E-state index >= 15 is 0 Å². The topological polar surface area (TPSA) is 92.4 Å². The van der Waals surface area contributed by atoms with Gasteiger partial charge >= 0.3 is 0 Å². The van der Waals surface area contributed by atoms with Gasteiger partial charge < -0.3 is 9.72 Å². The van der Waals surface area contributed by atoms with E-state index in [4.69, 9.17) is 9.72 Å². The molecule has 166 valence electrons. The molecule has 0 fully saturated rings. The quantitative estimate of drug-likeness (QED) is 0.360. The largest absolute Gasteiger partial charge is 0.495 e. The molecule has 34 heavy (non-hydrogen) atoms. The summed E-state index contributed by atoms with van der Waals surface area (Å²) in [4.78, 5) is 16.9. The second kappa shape index (κ2) is 7.77. The lowest BCUT2D eigenvalue weighted by Crippen LogP contribution is -1.89. The van der Waals surface area contributed by atoms with Gasteiger partial charge in [-0.25, -0.2) is 14.4 Å². The van der Waals surface area contributed by atoms with E-state index in [0.717, 1.165) is 50.1 Å². The molecule has 7 nitrogen and oxygen atoms in total. The molecule has 0 atom stereocenters. The number of nitrogens with zero attached hydrogens (tertiary/aromatic N) is 4. The number of aryl methyl sites for hydroxylation is 1. The van der Waals surface area contributed by atoms with Crippen LogP contribution in [0.15, 0.2) is 67.1 Å². The van der Waals surface area contributed by atoms with Crippen molar-refractivity contribution in [2.75, 3.05) is 7.11 Å². The number of halogens is 1. The van der Waals surface area contributed by atoms with Crippen molar-refractivity contribution in [3.05, 3.63) is 78.5 Å². The lowest BCUT2D eigenvalue weighted by Gasteiger charge is -2.05. The number of hydrogen-bond donors (Lipinski definition) is 2. The van der Waals surface area contributed by atoms with Gasteiger partial charge in [-0.15, -0.1) is 0 Å². The molecule has 8 heteroatoms. The van der Waals surface area contributed by atoms with Gasteiger partial charge in [0.05, 0.1) is 30.2 Å². The Labute approximate surface area is 193 Å². The summed E-state index contributed by atoms with van der Waals surface area (Å²) >= 11 is 0. The highest BCUT2D eigenvalue weighted by Gasteiger charge is 2.16. The van der Waals surface area contributed by atoms with Crippen molar-refractivity contribution in [1.82, 2.24) is 30.1 Å². The van der Waals surface area contributed by atoms with Gasteiger partial charge in [-0.3, -0.25) is 10.1 Å². The van der Waals surface area contributed by atoms with Gasteiger partial charge in [-0.2, -0.15) is 5.10 Å². The van der Waals surface area contributed by atoms with Crippen molar-refractivity contribution >= 4 is 22.1 Å². The summed E-state index contributed by atoms with van der Waals surface area (Å²) in [6.07, 6.45) is 5.12. The number of aromatic amines is 2. The van der Waals surface area contributed by atoms with Crippen LogP contribution in [0.4, 0.5) is 4.39 Å². The molecule has 5 heterocycles. The van der Waals surface area contributed by atoms with Gasteiger partial charge in [0, 0.05) is 23.3 Å². The van der Waals surface area contributed by atoms with E-state index in [-0.39, 0.29) is 5.82 Å². The molecule has 2 N–H and O–H groups in total. The van der Waals surface area contributed by atoms with Crippen LogP contribution in [0.3, 0.4) is 0 Å². The zero-order chi connectivity index (χ0) is 23.2. The first kappa shape index (κ1) is 20.0. The molecule has 0 unspecified atom stereocenters. The number of nitrogens with one attached hydrogen (secondary N) is 2. The van der Waals surface area contributed by atoms with Crippen LogP contribution in [0.1, 0.15) is 5.56 Å². The monoisotopic (exact) mass is 450 g/mol. The Morgan fingerprint density at radius 3 is 2.74 bits per heavy atom. The minimum atomic E-state index is -0.266. The van der Waals surface area contributed by atoms with Crippen LogP contribution < -0.4 is 4.74 Å². The van der Waals surface area contributed by atoms with E-state index in [1.54, 1.807) is 25.7 Å². The summed E-state index contributed by atoms with van der Waals surface area (Å²) < 4.78 is 19.4. The Morgan fingerprint density at radius 2 is 1.88 bits per heavy atom. The number of pyridine rings is 3. The summed E-state index contributed by atoms with van der Waals surface area (Å²) in [6, 6.07) is 14.6.